The first-order chi connectivity index (χ1) is 6.79. The summed E-state index contributed by atoms with van der Waals surface area (Å²) in [5.41, 5.74) is 2.17. The molecule has 5 nitrogen and oxygen atoms in total. The van der Waals surface area contributed by atoms with Gasteiger partial charge in [0.1, 0.15) is 0 Å². The standard InChI is InChI=1S/C9H10N2O3/c12-5-10-4-6-1-2-7-8(3-6)14-9(13)11-7/h1-3,10,12H,4-5H2,(H,11,13). The van der Waals surface area contributed by atoms with Crippen molar-refractivity contribution in [2.45, 2.75) is 6.54 Å². The van der Waals surface area contributed by atoms with Crippen LogP contribution in [0.4, 0.5) is 0 Å². The highest BCUT2D eigenvalue weighted by Crippen LogP contribution is 2.11. The molecule has 5 heteroatoms. The third-order valence-corrected chi connectivity index (χ3v) is 1.93. The molecule has 0 saturated carbocycles. The second-order valence-corrected chi connectivity index (χ2v) is 2.93. The Bertz CT molecular complexity index is 486. The van der Waals surface area contributed by atoms with E-state index in [0.29, 0.717) is 17.6 Å². The molecule has 1 aromatic heterocycles. The zero-order chi connectivity index (χ0) is 9.97. The van der Waals surface area contributed by atoms with E-state index < -0.39 is 5.76 Å². The number of aromatic nitrogens is 1. The number of hydrogen-bond donors (Lipinski definition) is 3. The summed E-state index contributed by atoms with van der Waals surface area (Å²) in [4.78, 5) is 13.4. The first kappa shape index (κ1) is 8.98. The number of benzene rings is 1. The van der Waals surface area contributed by atoms with E-state index >= 15 is 0 Å². The highest BCUT2D eigenvalue weighted by Gasteiger charge is 2.01. The first-order valence-electron chi connectivity index (χ1n) is 4.23. The molecule has 0 bridgehead atoms. The molecule has 0 radical (unpaired) electrons. The molecular weight excluding hydrogens is 184 g/mol. The van der Waals surface area contributed by atoms with Crippen LogP contribution >= 0.6 is 0 Å². The van der Waals surface area contributed by atoms with Gasteiger partial charge in [0.15, 0.2) is 5.58 Å². The molecule has 0 aliphatic heterocycles. The maximum atomic E-state index is 10.8. The van der Waals surface area contributed by atoms with Crippen molar-refractivity contribution in [3.8, 4) is 0 Å². The highest BCUT2D eigenvalue weighted by atomic mass is 16.4. The fourth-order valence-electron chi connectivity index (χ4n) is 1.30. The topological polar surface area (TPSA) is 78.3 Å². The van der Waals surface area contributed by atoms with Gasteiger partial charge in [-0.3, -0.25) is 10.3 Å². The minimum Gasteiger partial charge on any atom is -0.408 e. The zero-order valence-electron chi connectivity index (χ0n) is 7.41. The van der Waals surface area contributed by atoms with Crippen LogP contribution in [0.1, 0.15) is 5.56 Å². The van der Waals surface area contributed by atoms with E-state index in [4.69, 9.17) is 9.52 Å². The van der Waals surface area contributed by atoms with Gasteiger partial charge in [-0.1, -0.05) is 6.07 Å². The summed E-state index contributed by atoms with van der Waals surface area (Å²) in [7, 11) is 0. The van der Waals surface area contributed by atoms with Crippen molar-refractivity contribution in [1.82, 2.24) is 10.3 Å². The monoisotopic (exact) mass is 194 g/mol. The van der Waals surface area contributed by atoms with Gasteiger partial charge in [-0.15, -0.1) is 0 Å². The van der Waals surface area contributed by atoms with Crippen molar-refractivity contribution >= 4 is 11.1 Å². The Labute approximate surface area is 79.4 Å². The zero-order valence-corrected chi connectivity index (χ0v) is 7.41. The SMILES string of the molecule is O=c1[nH]c2ccc(CNCO)cc2o1. The number of oxazole rings is 1. The molecule has 0 atom stereocenters. The Balaban J connectivity index is 2.35. The minimum atomic E-state index is -0.452. The van der Waals surface area contributed by atoms with E-state index in [-0.39, 0.29) is 6.73 Å². The first-order valence-corrected chi connectivity index (χ1v) is 4.23. The summed E-state index contributed by atoms with van der Waals surface area (Å²) in [6, 6.07) is 5.39. The van der Waals surface area contributed by atoms with E-state index in [0.717, 1.165) is 5.56 Å². The normalized spacial score (nSPS) is 10.9. The van der Waals surface area contributed by atoms with Gasteiger partial charge in [0.2, 0.25) is 0 Å². The number of hydrogen-bond acceptors (Lipinski definition) is 4. The number of H-pyrrole nitrogens is 1. The fraction of sp³-hybridized carbons (Fsp3) is 0.222. The maximum absolute atomic E-state index is 10.8. The van der Waals surface area contributed by atoms with Crippen LogP contribution in [0.2, 0.25) is 0 Å². The number of rotatable bonds is 3. The molecule has 74 valence electrons. The second-order valence-electron chi connectivity index (χ2n) is 2.93. The summed E-state index contributed by atoms with van der Waals surface area (Å²) in [5, 5.41) is 11.3. The molecule has 3 N–H and O–H groups in total. The molecule has 1 aromatic carbocycles. The lowest BCUT2D eigenvalue weighted by molar-refractivity contribution is 0.259. The van der Waals surface area contributed by atoms with Gasteiger partial charge >= 0.3 is 5.76 Å². The number of nitrogens with one attached hydrogen (secondary N) is 2. The van der Waals surface area contributed by atoms with Gasteiger partial charge in [-0.25, -0.2) is 4.79 Å². The molecule has 0 amide bonds. The Morgan fingerprint density at radius 3 is 3.14 bits per heavy atom. The van der Waals surface area contributed by atoms with Crippen molar-refractivity contribution in [2.24, 2.45) is 0 Å². The molecule has 0 fully saturated rings. The van der Waals surface area contributed by atoms with Crippen LogP contribution in [0.15, 0.2) is 27.4 Å². The van der Waals surface area contributed by atoms with Crippen molar-refractivity contribution < 1.29 is 9.52 Å². The van der Waals surface area contributed by atoms with Crippen LogP contribution < -0.4 is 11.1 Å². The molecule has 0 spiro atoms. The van der Waals surface area contributed by atoms with Crippen LogP contribution in [-0.4, -0.2) is 16.8 Å². The quantitative estimate of drug-likeness (QED) is 0.608. The van der Waals surface area contributed by atoms with Crippen LogP contribution in [-0.2, 0) is 6.54 Å². The van der Waals surface area contributed by atoms with E-state index in [2.05, 4.69) is 10.3 Å². The molecular formula is C9H10N2O3. The molecule has 2 rings (SSSR count). The molecule has 14 heavy (non-hydrogen) atoms. The van der Waals surface area contributed by atoms with Gasteiger partial charge in [-0.2, -0.15) is 0 Å². The fourth-order valence-corrected chi connectivity index (χ4v) is 1.30. The smallest absolute Gasteiger partial charge is 0.408 e. The Kier molecular flexibility index (Phi) is 2.34. The third-order valence-electron chi connectivity index (χ3n) is 1.93. The van der Waals surface area contributed by atoms with Gasteiger partial charge in [-0.05, 0) is 17.7 Å². The summed E-state index contributed by atoms with van der Waals surface area (Å²) >= 11 is 0. The highest BCUT2D eigenvalue weighted by molar-refractivity contribution is 5.72. The van der Waals surface area contributed by atoms with Crippen LogP contribution in [0.5, 0.6) is 0 Å². The molecule has 2 aromatic rings. The van der Waals surface area contributed by atoms with Crippen LogP contribution in [0.3, 0.4) is 0 Å². The number of fused-ring (bicyclic) bond motifs is 1. The second kappa shape index (κ2) is 3.65. The Hall–Kier alpha value is -1.59. The van der Waals surface area contributed by atoms with Crippen molar-refractivity contribution in [3.63, 3.8) is 0 Å². The lowest BCUT2D eigenvalue weighted by Gasteiger charge is -1.99. The van der Waals surface area contributed by atoms with Gasteiger partial charge in [0.05, 0.1) is 12.2 Å². The lowest BCUT2D eigenvalue weighted by Crippen LogP contribution is -2.13. The van der Waals surface area contributed by atoms with Crippen LogP contribution in [0, 0.1) is 0 Å². The van der Waals surface area contributed by atoms with Gasteiger partial charge < -0.3 is 9.52 Å². The molecule has 1 heterocycles. The van der Waals surface area contributed by atoms with Crippen molar-refractivity contribution in [1.29, 1.82) is 0 Å². The Morgan fingerprint density at radius 1 is 1.50 bits per heavy atom. The van der Waals surface area contributed by atoms with Crippen molar-refractivity contribution in [3.05, 3.63) is 34.3 Å². The number of aromatic amines is 1. The number of aliphatic hydroxyl groups is 1. The van der Waals surface area contributed by atoms with Crippen molar-refractivity contribution in [2.75, 3.05) is 6.73 Å². The maximum Gasteiger partial charge on any atom is 0.417 e. The molecule has 0 aliphatic carbocycles. The summed E-state index contributed by atoms with van der Waals surface area (Å²) in [6.07, 6.45) is 0. The number of aliphatic hydroxyl groups excluding tert-OH is 1. The van der Waals surface area contributed by atoms with Gasteiger partial charge in [0.25, 0.3) is 0 Å². The molecule has 0 aliphatic rings. The molecule has 0 saturated heterocycles. The van der Waals surface area contributed by atoms with E-state index in [1.54, 1.807) is 12.1 Å². The summed E-state index contributed by atoms with van der Waals surface area (Å²) in [6.45, 7) is 0.469. The van der Waals surface area contributed by atoms with E-state index in [1.165, 1.54) is 0 Å². The van der Waals surface area contributed by atoms with Gasteiger partial charge in [0, 0.05) is 6.54 Å². The van der Waals surface area contributed by atoms with E-state index in [1.807, 2.05) is 6.07 Å². The largest absolute Gasteiger partial charge is 0.417 e. The predicted molar refractivity (Wildman–Crippen MR) is 50.8 cm³/mol. The average Bonchev–Trinajstić information content (AvgIpc) is 2.54. The Morgan fingerprint density at radius 2 is 2.36 bits per heavy atom. The third kappa shape index (κ3) is 1.68. The minimum absolute atomic E-state index is 0.0743. The van der Waals surface area contributed by atoms with E-state index in [9.17, 15) is 4.79 Å². The average molecular weight is 194 g/mol. The molecule has 0 unspecified atom stereocenters. The summed E-state index contributed by atoms with van der Waals surface area (Å²) in [5.74, 6) is -0.452. The van der Waals surface area contributed by atoms with Crippen LogP contribution in [0.25, 0.3) is 11.1 Å². The lowest BCUT2D eigenvalue weighted by atomic mass is 10.2. The predicted octanol–water partition coefficient (Wildman–Crippen LogP) is 0.160. The summed E-state index contributed by atoms with van der Waals surface area (Å²) < 4.78 is 4.89.